The molecule has 2 aliphatic rings. The van der Waals surface area contributed by atoms with Gasteiger partial charge in [-0.15, -0.1) is 0 Å². The first-order chi connectivity index (χ1) is 15.9. The molecule has 4 rings (SSSR count). The van der Waals surface area contributed by atoms with Crippen molar-refractivity contribution in [2.75, 3.05) is 19.6 Å². The maximum Gasteiger partial charge on any atom is 0.345 e. The van der Waals surface area contributed by atoms with Crippen LogP contribution < -0.4 is 4.74 Å². The lowest BCUT2D eigenvalue weighted by Crippen LogP contribution is -2.44. The van der Waals surface area contributed by atoms with Gasteiger partial charge in [-0.1, -0.05) is 35.9 Å². The molecule has 7 nitrogen and oxygen atoms in total. The number of hydrogen-bond acceptors (Lipinski definition) is 6. The number of imide groups is 1. The number of carbonyl (C=O) groups excluding carboxylic acids is 4. The summed E-state index contributed by atoms with van der Waals surface area (Å²) in [4.78, 5) is 52.9. The highest BCUT2D eigenvalue weighted by atomic mass is 35.5. The van der Waals surface area contributed by atoms with Gasteiger partial charge in [0.15, 0.2) is 0 Å². The number of hydrogen-bond donors (Lipinski definition) is 0. The minimum atomic E-state index is -0.603. The van der Waals surface area contributed by atoms with Gasteiger partial charge < -0.3 is 9.64 Å². The number of thioether (sulfide) groups is 1. The van der Waals surface area contributed by atoms with E-state index >= 15 is 0 Å². The van der Waals surface area contributed by atoms with Crippen molar-refractivity contribution in [3.05, 3.63) is 69.6 Å². The molecule has 2 heterocycles. The second-order valence-corrected chi connectivity index (χ2v) is 9.05. The van der Waals surface area contributed by atoms with Gasteiger partial charge in [0.2, 0.25) is 5.91 Å². The third kappa shape index (κ3) is 5.46. The highest BCUT2D eigenvalue weighted by Gasteiger charge is 2.37. The average molecular weight is 485 g/mol. The summed E-state index contributed by atoms with van der Waals surface area (Å²) in [5.41, 5.74) is 0.816. The van der Waals surface area contributed by atoms with Gasteiger partial charge in [0, 0.05) is 13.1 Å². The summed E-state index contributed by atoms with van der Waals surface area (Å²) in [5, 5.41) is -0.190. The number of ether oxygens (including phenoxy) is 1. The van der Waals surface area contributed by atoms with Gasteiger partial charge in [0.05, 0.1) is 15.5 Å². The standard InChI is InChI=1S/C24H21ClN2O5S/c25-19-10-3-2-9-18(19)23(30)32-17-8-6-7-16(13-17)14-20-22(29)27(24(31)33-20)15-21(28)26-11-4-1-5-12-26/h2-3,6-10,13-14H,1,4-5,11-12,15H2/b20-14-. The maximum atomic E-state index is 12.8. The molecule has 2 aromatic carbocycles. The van der Waals surface area contributed by atoms with E-state index in [2.05, 4.69) is 0 Å². The summed E-state index contributed by atoms with van der Waals surface area (Å²) in [5.74, 6) is -1.05. The number of nitrogens with zero attached hydrogens (tertiary/aromatic N) is 2. The molecule has 0 spiro atoms. The van der Waals surface area contributed by atoms with E-state index in [1.165, 1.54) is 0 Å². The monoisotopic (exact) mass is 484 g/mol. The Kier molecular flexibility index (Phi) is 7.15. The summed E-state index contributed by atoms with van der Waals surface area (Å²) in [6.07, 6.45) is 4.50. The van der Waals surface area contributed by atoms with Crippen LogP contribution in [0, 0.1) is 0 Å². The first kappa shape index (κ1) is 23.1. The highest BCUT2D eigenvalue weighted by molar-refractivity contribution is 8.18. The predicted octanol–water partition coefficient (Wildman–Crippen LogP) is 4.61. The molecule has 170 valence electrons. The molecule has 2 aliphatic heterocycles. The predicted molar refractivity (Wildman–Crippen MR) is 126 cm³/mol. The van der Waals surface area contributed by atoms with Crippen LogP contribution in [-0.2, 0) is 9.59 Å². The van der Waals surface area contributed by atoms with Crippen molar-refractivity contribution in [2.24, 2.45) is 0 Å². The number of rotatable bonds is 5. The fourth-order valence-corrected chi connectivity index (χ4v) is 4.67. The molecule has 2 fully saturated rings. The van der Waals surface area contributed by atoms with E-state index in [4.69, 9.17) is 16.3 Å². The first-order valence-electron chi connectivity index (χ1n) is 10.5. The lowest BCUT2D eigenvalue weighted by Gasteiger charge is -2.27. The van der Waals surface area contributed by atoms with Crippen LogP contribution in [0.1, 0.15) is 35.2 Å². The van der Waals surface area contributed by atoms with Gasteiger partial charge in [-0.05, 0) is 66.9 Å². The Bertz CT molecular complexity index is 1140. The molecule has 3 amide bonds. The van der Waals surface area contributed by atoms with Gasteiger partial charge in [-0.2, -0.15) is 0 Å². The van der Waals surface area contributed by atoms with Gasteiger partial charge in [0.1, 0.15) is 12.3 Å². The van der Waals surface area contributed by atoms with Crippen LogP contribution in [0.2, 0.25) is 5.02 Å². The zero-order valence-electron chi connectivity index (χ0n) is 17.7. The Morgan fingerprint density at radius 1 is 1.03 bits per heavy atom. The average Bonchev–Trinajstić information content (AvgIpc) is 3.07. The molecule has 9 heteroatoms. The summed E-state index contributed by atoms with van der Waals surface area (Å²) in [6.45, 7) is 1.06. The zero-order chi connectivity index (χ0) is 23.4. The second-order valence-electron chi connectivity index (χ2n) is 7.65. The number of amides is 3. The van der Waals surface area contributed by atoms with Crippen molar-refractivity contribution >= 4 is 52.5 Å². The number of carbonyl (C=O) groups is 4. The minimum Gasteiger partial charge on any atom is -0.423 e. The molecule has 0 N–H and O–H groups in total. The molecular weight excluding hydrogens is 464 g/mol. The van der Waals surface area contributed by atoms with Crippen LogP contribution in [0.15, 0.2) is 53.4 Å². The van der Waals surface area contributed by atoms with Gasteiger partial charge in [-0.3, -0.25) is 19.3 Å². The quantitative estimate of drug-likeness (QED) is 0.350. The smallest absolute Gasteiger partial charge is 0.345 e. The van der Waals surface area contributed by atoms with Gasteiger partial charge in [0.25, 0.3) is 11.1 Å². The van der Waals surface area contributed by atoms with Crippen LogP contribution in [0.25, 0.3) is 6.08 Å². The largest absolute Gasteiger partial charge is 0.423 e. The van der Waals surface area contributed by atoms with E-state index in [0.29, 0.717) is 18.7 Å². The number of likely N-dealkylation sites (tertiary alicyclic amines) is 1. The number of piperidine rings is 1. The van der Waals surface area contributed by atoms with Crippen molar-refractivity contribution in [3.63, 3.8) is 0 Å². The Balaban J connectivity index is 1.45. The van der Waals surface area contributed by atoms with E-state index in [1.807, 2.05) is 0 Å². The zero-order valence-corrected chi connectivity index (χ0v) is 19.2. The highest BCUT2D eigenvalue weighted by Crippen LogP contribution is 2.33. The second kappa shape index (κ2) is 10.2. The van der Waals surface area contributed by atoms with E-state index in [1.54, 1.807) is 59.5 Å². The number of halogens is 1. The van der Waals surface area contributed by atoms with Crippen molar-refractivity contribution in [1.29, 1.82) is 0 Å². The van der Waals surface area contributed by atoms with Gasteiger partial charge in [-0.25, -0.2) is 4.79 Å². The van der Waals surface area contributed by atoms with Crippen molar-refractivity contribution in [3.8, 4) is 5.75 Å². The molecular formula is C24H21ClN2O5S. The Morgan fingerprint density at radius 2 is 1.79 bits per heavy atom. The molecule has 2 aromatic rings. The third-order valence-electron chi connectivity index (χ3n) is 5.34. The lowest BCUT2D eigenvalue weighted by atomic mass is 10.1. The van der Waals surface area contributed by atoms with E-state index in [-0.39, 0.29) is 33.7 Å². The van der Waals surface area contributed by atoms with Crippen LogP contribution in [-0.4, -0.2) is 52.5 Å². The first-order valence-corrected chi connectivity index (χ1v) is 11.7. The van der Waals surface area contributed by atoms with Crippen LogP contribution in [0.5, 0.6) is 5.75 Å². The van der Waals surface area contributed by atoms with Gasteiger partial charge >= 0.3 is 5.97 Å². The molecule has 0 radical (unpaired) electrons. The van der Waals surface area contributed by atoms with Crippen molar-refractivity contribution in [1.82, 2.24) is 9.80 Å². The van der Waals surface area contributed by atoms with Crippen LogP contribution in [0.3, 0.4) is 0 Å². The SMILES string of the molecule is O=C(Oc1cccc(/C=C2\SC(=O)N(CC(=O)N3CCCCC3)C2=O)c1)c1ccccc1Cl. The number of benzene rings is 2. The van der Waals surface area contributed by atoms with Crippen LogP contribution in [0.4, 0.5) is 4.79 Å². The molecule has 0 aliphatic carbocycles. The molecule has 0 saturated carbocycles. The van der Waals surface area contributed by atoms with E-state index < -0.39 is 17.1 Å². The summed E-state index contributed by atoms with van der Waals surface area (Å²) in [6, 6.07) is 13.1. The minimum absolute atomic E-state index is 0.209. The molecule has 0 bridgehead atoms. The Hall–Kier alpha value is -3.10. The normalized spacial score (nSPS) is 17.5. The maximum absolute atomic E-state index is 12.8. The van der Waals surface area contributed by atoms with Crippen molar-refractivity contribution < 1.29 is 23.9 Å². The van der Waals surface area contributed by atoms with Crippen molar-refractivity contribution in [2.45, 2.75) is 19.3 Å². The molecule has 0 atom stereocenters. The van der Waals surface area contributed by atoms with E-state index in [9.17, 15) is 19.2 Å². The molecule has 0 aromatic heterocycles. The Morgan fingerprint density at radius 3 is 2.55 bits per heavy atom. The third-order valence-corrected chi connectivity index (χ3v) is 6.57. The lowest BCUT2D eigenvalue weighted by molar-refractivity contribution is -0.136. The molecule has 2 saturated heterocycles. The fraction of sp³-hybridized carbons (Fsp3) is 0.250. The Labute approximate surface area is 200 Å². The number of esters is 1. The summed E-state index contributed by atoms with van der Waals surface area (Å²) < 4.78 is 5.40. The topological polar surface area (TPSA) is 84.0 Å². The summed E-state index contributed by atoms with van der Waals surface area (Å²) >= 11 is 6.83. The fourth-order valence-electron chi connectivity index (χ4n) is 3.62. The van der Waals surface area contributed by atoms with E-state index in [0.717, 1.165) is 35.9 Å². The van der Waals surface area contributed by atoms with Crippen LogP contribution >= 0.6 is 23.4 Å². The molecule has 33 heavy (non-hydrogen) atoms. The summed E-state index contributed by atoms with van der Waals surface area (Å²) in [7, 11) is 0. The molecule has 0 unspecified atom stereocenters.